The summed E-state index contributed by atoms with van der Waals surface area (Å²) in [7, 11) is 0. The zero-order valence-corrected chi connectivity index (χ0v) is 23.4. The predicted octanol–water partition coefficient (Wildman–Crippen LogP) is 8.12. The van der Waals surface area contributed by atoms with Crippen molar-refractivity contribution in [3.63, 3.8) is 0 Å². The number of nitrogens with zero attached hydrogens (tertiary/aromatic N) is 2. The van der Waals surface area contributed by atoms with Gasteiger partial charge in [-0.3, -0.25) is 0 Å². The molecule has 0 aromatic heterocycles. The Hall–Kier alpha value is -3.01. The zero-order valence-electron chi connectivity index (χ0n) is 23.4. The fraction of sp³-hybridized carbons (Fsp3) is 0.455. The molecule has 37 heavy (non-hydrogen) atoms. The summed E-state index contributed by atoms with van der Waals surface area (Å²) in [6, 6.07) is 5.46. The SMILES string of the molecule is C=C1C(C)=CC=CN1C[C@@]1(c2ccc(C)c(F)c2)NC(=C)N(C(=C)C[C@@H]2C[C@H](C)CCC2C(C)C)C1=C. The molecule has 0 spiro atoms. The summed E-state index contributed by atoms with van der Waals surface area (Å²) in [6.07, 6.45) is 10.8. The first-order valence-electron chi connectivity index (χ1n) is 13.7. The van der Waals surface area contributed by atoms with Crippen molar-refractivity contribution in [1.29, 1.82) is 0 Å². The highest BCUT2D eigenvalue weighted by Crippen LogP contribution is 2.46. The molecule has 0 radical (unpaired) electrons. The van der Waals surface area contributed by atoms with Crippen LogP contribution < -0.4 is 5.32 Å². The van der Waals surface area contributed by atoms with Crippen molar-refractivity contribution in [3.05, 3.63) is 108 Å². The predicted molar refractivity (Wildman–Crippen MR) is 153 cm³/mol. The van der Waals surface area contributed by atoms with Gasteiger partial charge in [-0.25, -0.2) is 4.39 Å². The molecule has 2 fully saturated rings. The Morgan fingerprint density at radius 3 is 2.59 bits per heavy atom. The van der Waals surface area contributed by atoms with E-state index in [-0.39, 0.29) is 5.82 Å². The lowest BCUT2D eigenvalue weighted by Gasteiger charge is -2.40. The van der Waals surface area contributed by atoms with Gasteiger partial charge >= 0.3 is 0 Å². The Kier molecular flexibility index (Phi) is 7.60. The van der Waals surface area contributed by atoms with Gasteiger partial charge in [-0.2, -0.15) is 0 Å². The van der Waals surface area contributed by atoms with E-state index in [0.29, 0.717) is 29.9 Å². The van der Waals surface area contributed by atoms with Gasteiger partial charge in [0, 0.05) is 23.3 Å². The molecule has 1 unspecified atom stereocenters. The van der Waals surface area contributed by atoms with E-state index in [1.807, 2.05) is 24.4 Å². The fourth-order valence-corrected chi connectivity index (χ4v) is 6.57. The maximum atomic E-state index is 14.9. The van der Waals surface area contributed by atoms with Crippen molar-refractivity contribution in [3.8, 4) is 0 Å². The first-order chi connectivity index (χ1) is 17.4. The van der Waals surface area contributed by atoms with Crippen LogP contribution in [-0.2, 0) is 5.54 Å². The maximum Gasteiger partial charge on any atom is 0.126 e. The van der Waals surface area contributed by atoms with Crippen LogP contribution in [0.25, 0.3) is 0 Å². The van der Waals surface area contributed by atoms with E-state index in [0.717, 1.165) is 46.4 Å². The van der Waals surface area contributed by atoms with Crippen LogP contribution in [0.5, 0.6) is 0 Å². The van der Waals surface area contributed by atoms with Crippen molar-refractivity contribution in [2.45, 2.75) is 65.8 Å². The Bertz CT molecular complexity index is 1170. The molecule has 1 aromatic rings. The van der Waals surface area contributed by atoms with Crippen LogP contribution in [0.15, 0.2) is 91.4 Å². The Morgan fingerprint density at radius 1 is 1.19 bits per heavy atom. The number of halogens is 1. The van der Waals surface area contributed by atoms with Gasteiger partial charge in [0.05, 0.1) is 6.54 Å². The van der Waals surface area contributed by atoms with Gasteiger partial charge in [0.25, 0.3) is 0 Å². The fourth-order valence-electron chi connectivity index (χ4n) is 6.57. The summed E-state index contributed by atoms with van der Waals surface area (Å²) in [4.78, 5) is 4.20. The lowest BCUT2D eigenvalue weighted by atomic mass is 9.68. The highest BCUT2D eigenvalue weighted by atomic mass is 19.1. The van der Waals surface area contributed by atoms with E-state index in [2.05, 4.69) is 75.2 Å². The molecule has 1 saturated carbocycles. The topological polar surface area (TPSA) is 18.5 Å². The van der Waals surface area contributed by atoms with Crippen LogP contribution in [0.2, 0.25) is 0 Å². The van der Waals surface area contributed by atoms with Crippen molar-refractivity contribution >= 4 is 0 Å². The zero-order chi connectivity index (χ0) is 27.1. The molecule has 3 nitrogen and oxygen atoms in total. The molecule has 0 amide bonds. The van der Waals surface area contributed by atoms with Crippen LogP contribution in [0, 0.1) is 36.4 Å². The molecule has 4 rings (SSSR count). The molecule has 2 aliphatic heterocycles. The number of rotatable bonds is 7. The van der Waals surface area contributed by atoms with Gasteiger partial charge in [0.1, 0.15) is 17.2 Å². The molecule has 4 atom stereocenters. The Morgan fingerprint density at radius 2 is 1.92 bits per heavy atom. The largest absolute Gasteiger partial charge is 0.355 e. The van der Waals surface area contributed by atoms with Crippen molar-refractivity contribution in [2.24, 2.45) is 23.7 Å². The Balaban J connectivity index is 1.68. The second kappa shape index (κ2) is 10.4. The van der Waals surface area contributed by atoms with Gasteiger partial charge < -0.3 is 15.1 Å². The number of aryl methyl sites for hydroxylation is 1. The summed E-state index contributed by atoms with van der Waals surface area (Å²) >= 11 is 0. The van der Waals surface area contributed by atoms with Crippen molar-refractivity contribution in [2.75, 3.05) is 6.54 Å². The first-order valence-corrected chi connectivity index (χ1v) is 13.7. The van der Waals surface area contributed by atoms with Gasteiger partial charge in [-0.15, -0.1) is 0 Å². The monoisotopic (exact) mass is 501 g/mol. The number of nitrogens with one attached hydrogen (secondary N) is 1. The molecule has 1 aliphatic carbocycles. The summed E-state index contributed by atoms with van der Waals surface area (Å²) < 4.78 is 14.9. The summed E-state index contributed by atoms with van der Waals surface area (Å²) in [5.41, 5.74) is 4.50. The molecule has 1 saturated heterocycles. The van der Waals surface area contributed by atoms with Gasteiger partial charge in [0.15, 0.2) is 0 Å². The average Bonchev–Trinajstić information content (AvgIpc) is 3.08. The molecule has 198 valence electrons. The average molecular weight is 502 g/mol. The maximum absolute atomic E-state index is 14.9. The van der Waals surface area contributed by atoms with Crippen LogP contribution in [-0.4, -0.2) is 16.3 Å². The van der Waals surface area contributed by atoms with Gasteiger partial charge in [-0.05, 0) is 85.6 Å². The van der Waals surface area contributed by atoms with E-state index in [9.17, 15) is 4.39 Å². The third-order valence-corrected chi connectivity index (χ3v) is 8.85. The lowest BCUT2D eigenvalue weighted by molar-refractivity contribution is 0.139. The normalized spacial score (nSPS) is 28.1. The van der Waals surface area contributed by atoms with Crippen molar-refractivity contribution < 1.29 is 4.39 Å². The van der Waals surface area contributed by atoms with E-state index in [1.54, 1.807) is 13.0 Å². The molecule has 1 aromatic carbocycles. The van der Waals surface area contributed by atoms with Crippen LogP contribution in [0.4, 0.5) is 4.39 Å². The second-order valence-corrected chi connectivity index (χ2v) is 11.8. The number of benzene rings is 1. The number of allylic oxidation sites excluding steroid dienone is 4. The van der Waals surface area contributed by atoms with E-state index >= 15 is 0 Å². The van der Waals surface area contributed by atoms with E-state index in [4.69, 9.17) is 0 Å². The van der Waals surface area contributed by atoms with Crippen LogP contribution in [0.3, 0.4) is 0 Å². The molecule has 1 N–H and O–H groups in total. The Labute approximate surface area is 223 Å². The minimum absolute atomic E-state index is 0.227. The molecular weight excluding hydrogens is 457 g/mol. The number of hydrogen-bond donors (Lipinski definition) is 1. The second-order valence-electron chi connectivity index (χ2n) is 11.8. The highest BCUT2D eigenvalue weighted by molar-refractivity contribution is 5.46. The number of hydrogen-bond acceptors (Lipinski definition) is 3. The minimum Gasteiger partial charge on any atom is -0.355 e. The first kappa shape index (κ1) is 27.0. The quantitative estimate of drug-likeness (QED) is 0.407. The molecule has 3 aliphatic rings. The summed E-state index contributed by atoms with van der Waals surface area (Å²) in [5.74, 6) is 3.17. The van der Waals surface area contributed by atoms with Crippen molar-refractivity contribution in [1.82, 2.24) is 15.1 Å². The van der Waals surface area contributed by atoms with Crippen LogP contribution in [0.1, 0.15) is 64.5 Å². The smallest absolute Gasteiger partial charge is 0.126 e. The standard InChI is InChI=1S/C33H44FN3/c1-21(2)31-15-12-22(3)17-29(31)18-25(6)37-27(8)33(35-28(37)9,30-14-13-24(5)32(34)19-30)20-36-16-10-11-23(4)26(36)7/h10-11,13-14,16,19,21-22,29,31,35H,6-9,12,15,17-18,20H2,1-5H3/t22-,29+,31?,33-/m1/s1. The van der Waals surface area contributed by atoms with E-state index in [1.165, 1.54) is 19.3 Å². The third kappa shape index (κ3) is 5.08. The van der Waals surface area contributed by atoms with Crippen LogP contribution >= 0.6 is 0 Å². The molecule has 2 heterocycles. The summed E-state index contributed by atoms with van der Waals surface area (Å²) in [5, 5.41) is 3.64. The summed E-state index contributed by atoms with van der Waals surface area (Å²) in [6.45, 7) is 29.2. The minimum atomic E-state index is -0.781. The van der Waals surface area contributed by atoms with Gasteiger partial charge in [0.2, 0.25) is 0 Å². The lowest BCUT2D eigenvalue weighted by Crippen LogP contribution is -2.47. The molecule has 4 heteroatoms. The third-order valence-electron chi connectivity index (χ3n) is 8.85. The highest BCUT2D eigenvalue weighted by Gasteiger charge is 2.48. The van der Waals surface area contributed by atoms with E-state index < -0.39 is 5.54 Å². The van der Waals surface area contributed by atoms with Gasteiger partial charge in [-0.1, -0.05) is 71.7 Å². The molecular formula is C33H44FN3. The molecule has 0 bridgehead atoms.